The summed E-state index contributed by atoms with van der Waals surface area (Å²) in [7, 11) is 1.43. The van der Waals surface area contributed by atoms with Crippen LogP contribution in [0, 0.1) is 40.4 Å². The highest BCUT2D eigenvalue weighted by atomic mass is 16.5. The van der Waals surface area contributed by atoms with Crippen LogP contribution in [0.3, 0.4) is 0 Å². The van der Waals surface area contributed by atoms with Crippen molar-refractivity contribution in [2.24, 2.45) is 40.4 Å². The van der Waals surface area contributed by atoms with Crippen molar-refractivity contribution >= 4 is 17.8 Å². The Labute approximate surface area is 230 Å². The first kappa shape index (κ1) is 29.1. The van der Waals surface area contributed by atoms with Crippen molar-refractivity contribution in [1.29, 1.82) is 0 Å². The average Bonchev–Trinajstić information content (AvgIpc) is 3.24. The van der Waals surface area contributed by atoms with Gasteiger partial charge in [0.25, 0.3) is 0 Å². The summed E-state index contributed by atoms with van der Waals surface area (Å²) >= 11 is 0. The summed E-state index contributed by atoms with van der Waals surface area (Å²) in [6.07, 6.45) is 15.9. The van der Waals surface area contributed by atoms with Gasteiger partial charge < -0.3 is 14.8 Å². The van der Waals surface area contributed by atoms with E-state index < -0.39 is 0 Å². The van der Waals surface area contributed by atoms with Gasteiger partial charge in [-0.15, -0.1) is 0 Å². The maximum Gasteiger partial charge on any atom is 0.305 e. The summed E-state index contributed by atoms with van der Waals surface area (Å²) < 4.78 is 10.3. The van der Waals surface area contributed by atoms with E-state index in [-0.39, 0.29) is 40.7 Å². The molecule has 1 N–H and O–H groups in total. The Balaban J connectivity index is 1.31. The van der Waals surface area contributed by atoms with Crippen molar-refractivity contribution in [3.63, 3.8) is 0 Å². The van der Waals surface area contributed by atoms with Gasteiger partial charge in [-0.1, -0.05) is 45.3 Å². The number of fused-ring (bicyclic) bond motifs is 5. The Hall–Kier alpha value is -1.85. The summed E-state index contributed by atoms with van der Waals surface area (Å²) in [6, 6.07) is 0. The number of amides is 1. The molecule has 1 amide bonds. The molecule has 0 spiro atoms. The SMILES string of the molecule is COC(=O)CCCCCCNC(=O)[C@@H](C)[C@H]1CC[C@H]2[C@@H]3CC=C4C[C@@H](OC(C)=O)CC[C@]4(C)[C@H]3CC[C@]12C. The van der Waals surface area contributed by atoms with E-state index in [0.717, 1.165) is 64.3 Å². The minimum absolute atomic E-state index is 0.0466. The van der Waals surface area contributed by atoms with Crippen LogP contribution in [0.1, 0.15) is 111 Å². The molecule has 0 aromatic heterocycles. The molecule has 4 rings (SSSR count). The monoisotopic (exact) mass is 529 g/mol. The van der Waals surface area contributed by atoms with Crippen molar-refractivity contribution in [1.82, 2.24) is 5.32 Å². The third-order valence-corrected chi connectivity index (χ3v) is 11.3. The van der Waals surface area contributed by atoms with Gasteiger partial charge in [0, 0.05) is 32.2 Å². The largest absolute Gasteiger partial charge is 0.469 e. The number of methoxy groups -OCH3 is 1. The molecule has 4 aliphatic rings. The third-order valence-electron chi connectivity index (χ3n) is 11.3. The van der Waals surface area contributed by atoms with Gasteiger partial charge in [0.15, 0.2) is 0 Å². The third kappa shape index (κ3) is 5.84. The molecule has 8 atom stereocenters. The predicted molar refractivity (Wildman–Crippen MR) is 148 cm³/mol. The van der Waals surface area contributed by atoms with Crippen molar-refractivity contribution < 1.29 is 23.9 Å². The molecule has 0 aromatic rings. The fourth-order valence-electron chi connectivity index (χ4n) is 9.23. The number of hydrogen-bond donors (Lipinski definition) is 1. The summed E-state index contributed by atoms with van der Waals surface area (Å²) in [5.41, 5.74) is 2.01. The van der Waals surface area contributed by atoms with Crippen LogP contribution in [-0.4, -0.2) is 37.6 Å². The number of carbonyl (C=O) groups excluding carboxylic acids is 3. The molecule has 4 aliphatic carbocycles. The molecule has 0 saturated heterocycles. The lowest BCUT2D eigenvalue weighted by molar-refractivity contribution is -0.148. The summed E-state index contributed by atoms with van der Waals surface area (Å²) in [6.45, 7) is 9.39. The number of esters is 2. The highest BCUT2D eigenvalue weighted by Gasteiger charge is 2.59. The van der Waals surface area contributed by atoms with Gasteiger partial charge >= 0.3 is 11.9 Å². The van der Waals surface area contributed by atoms with Gasteiger partial charge in [0.2, 0.25) is 5.91 Å². The van der Waals surface area contributed by atoms with E-state index >= 15 is 0 Å². The zero-order chi connectivity index (χ0) is 27.5. The summed E-state index contributed by atoms with van der Waals surface area (Å²) in [5.74, 6) is 2.52. The van der Waals surface area contributed by atoms with Gasteiger partial charge in [-0.3, -0.25) is 14.4 Å². The molecule has 0 radical (unpaired) electrons. The topological polar surface area (TPSA) is 81.7 Å². The lowest BCUT2D eigenvalue weighted by atomic mass is 9.47. The molecule has 0 heterocycles. The number of unbranched alkanes of at least 4 members (excludes halogenated alkanes) is 3. The van der Waals surface area contributed by atoms with E-state index in [1.807, 2.05) is 0 Å². The molecule has 0 aliphatic heterocycles. The first-order chi connectivity index (χ1) is 18.1. The first-order valence-electron chi connectivity index (χ1n) is 15.3. The van der Waals surface area contributed by atoms with E-state index in [0.29, 0.717) is 30.1 Å². The van der Waals surface area contributed by atoms with Crippen LogP contribution in [0.2, 0.25) is 0 Å². The second-order valence-corrected chi connectivity index (χ2v) is 13.3. The van der Waals surface area contributed by atoms with E-state index in [2.05, 4.69) is 36.9 Å². The molecule has 214 valence electrons. The maximum absolute atomic E-state index is 13.2. The van der Waals surface area contributed by atoms with Gasteiger partial charge in [0.05, 0.1) is 7.11 Å². The molecular formula is C32H51NO5. The van der Waals surface area contributed by atoms with E-state index in [9.17, 15) is 14.4 Å². The summed E-state index contributed by atoms with van der Waals surface area (Å²) in [4.78, 5) is 35.9. The fourth-order valence-corrected chi connectivity index (χ4v) is 9.23. The summed E-state index contributed by atoms with van der Waals surface area (Å²) in [5, 5.41) is 3.22. The van der Waals surface area contributed by atoms with Crippen LogP contribution >= 0.6 is 0 Å². The highest BCUT2D eigenvalue weighted by molar-refractivity contribution is 5.78. The van der Waals surface area contributed by atoms with Crippen molar-refractivity contribution in [3.05, 3.63) is 11.6 Å². The number of nitrogens with one attached hydrogen (secondary N) is 1. The number of rotatable bonds is 10. The number of carbonyl (C=O) groups is 3. The minimum Gasteiger partial charge on any atom is -0.469 e. The average molecular weight is 530 g/mol. The number of ether oxygens (including phenoxy) is 2. The van der Waals surface area contributed by atoms with Crippen LogP contribution in [0.15, 0.2) is 11.6 Å². The lowest BCUT2D eigenvalue weighted by Gasteiger charge is -2.58. The van der Waals surface area contributed by atoms with E-state index in [4.69, 9.17) is 4.74 Å². The standard InChI is InChI=1S/C32H51NO5/c1-21(30(36)33-19-9-7-6-8-10-29(35)37-5)26-13-14-27-25-12-11-23-20-24(38-22(2)34)15-17-31(23,3)28(25)16-18-32(26,27)4/h11,21,24-28H,6-10,12-20H2,1-5H3,(H,33,36)/t21-,24-,25-,26+,27-,28-,31-,32+/m0/s1. The predicted octanol–water partition coefficient (Wildman–Crippen LogP) is 6.37. The normalized spacial score (nSPS) is 36.7. The van der Waals surface area contributed by atoms with Crippen LogP contribution in [0.5, 0.6) is 0 Å². The Morgan fingerprint density at radius 3 is 2.53 bits per heavy atom. The van der Waals surface area contributed by atoms with Gasteiger partial charge in [0.1, 0.15) is 6.10 Å². The van der Waals surface area contributed by atoms with Gasteiger partial charge in [-0.2, -0.15) is 0 Å². The molecule has 6 nitrogen and oxygen atoms in total. The quantitative estimate of drug-likeness (QED) is 0.202. The van der Waals surface area contributed by atoms with Gasteiger partial charge in [-0.05, 0) is 92.3 Å². The first-order valence-corrected chi connectivity index (χ1v) is 15.3. The number of allylic oxidation sites excluding steroid dienone is 1. The molecule has 38 heavy (non-hydrogen) atoms. The van der Waals surface area contributed by atoms with Crippen LogP contribution in [-0.2, 0) is 23.9 Å². The highest BCUT2D eigenvalue weighted by Crippen LogP contribution is 2.67. The second kappa shape index (κ2) is 12.1. The molecule has 0 aromatic carbocycles. The van der Waals surface area contributed by atoms with Crippen LogP contribution in [0.25, 0.3) is 0 Å². The van der Waals surface area contributed by atoms with E-state index in [1.165, 1.54) is 38.9 Å². The van der Waals surface area contributed by atoms with E-state index in [1.54, 1.807) is 0 Å². The minimum atomic E-state index is -0.160. The molecule has 0 unspecified atom stereocenters. The molecule has 3 saturated carbocycles. The number of hydrogen-bond acceptors (Lipinski definition) is 5. The second-order valence-electron chi connectivity index (χ2n) is 13.3. The Morgan fingerprint density at radius 1 is 1.03 bits per heavy atom. The van der Waals surface area contributed by atoms with Crippen molar-refractivity contribution in [2.45, 2.75) is 117 Å². The molecular weight excluding hydrogens is 478 g/mol. The Morgan fingerprint density at radius 2 is 1.79 bits per heavy atom. The zero-order valence-corrected chi connectivity index (χ0v) is 24.5. The molecule has 3 fully saturated rings. The molecule has 0 bridgehead atoms. The smallest absolute Gasteiger partial charge is 0.305 e. The Bertz CT molecular complexity index is 914. The molecule has 6 heteroatoms. The van der Waals surface area contributed by atoms with Crippen LogP contribution in [0.4, 0.5) is 0 Å². The fraction of sp³-hybridized carbons (Fsp3) is 0.844. The lowest BCUT2D eigenvalue weighted by Crippen LogP contribution is -2.51. The van der Waals surface area contributed by atoms with Crippen LogP contribution < -0.4 is 5.32 Å². The van der Waals surface area contributed by atoms with Gasteiger partial charge in [-0.25, -0.2) is 0 Å². The van der Waals surface area contributed by atoms with Crippen molar-refractivity contribution in [3.8, 4) is 0 Å². The van der Waals surface area contributed by atoms with Crippen molar-refractivity contribution in [2.75, 3.05) is 13.7 Å². The zero-order valence-electron chi connectivity index (χ0n) is 24.5. The maximum atomic E-state index is 13.2. The Kier molecular flexibility index (Phi) is 9.30.